The van der Waals surface area contributed by atoms with Gasteiger partial charge in [-0.25, -0.2) is 4.79 Å². The van der Waals surface area contributed by atoms with Crippen molar-refractivity contribution in [2.24, 2.45) is 5.92 Å². The number of benzene rings is 1. The normalized spacial score (nSPS) is 16.3. The molecule has 2 rings (SSSR count). The molecule has 104 valence electrons. The average Bonchev–Trinajstić information content (AvgIpc) is 2.41. The Kier molecular flexibility index (Phi) is 4.27. The van der Waals surface area contributed by atoms with E-state index in [1.807, 2.05) is 0 Å². The standard InChI is InChI=1S/C14H19NO4/c1-9-6-11(7-12(13(9)15)14(16)17)19-8-10-2-4-18-5-3-10/h6-7,10H,2-5,8,15H2,1H3,(H,16,17). The molecule has 0 radical (unpaired) electrons. The van der Waals surface area contributed by atoms with Crippen molar-refractivity contribution in [2.45, 2.75) is 19.8 Å². The first-order valence-electron chi connectivity index (χ1n) is 6.42. The number of carboxylic acids is 1. The first kappa shape index (κ1) is 13.7. The van der Waals surface area contributed by atoms with Crippen molar-refractivity contribution < 1.29 is 19.4 Å². The molecule has 1 aliphatic rings. The maximum Gasteiger partial charge on any atom is 0.337 e. The summed E-state index contributed by atoms with van der Waals surface area (Å²) in [4.78, 5) is 11.1. The molecule has 3 N–H and O–H groups in total. The molecule has 0 amide bonds. The van der Waals surface area contributed by atoms with Crippen LogP contribution in [0.5, 0.6) is 5.75 Å². The smallest absolute Gasteiger partial charge is 0.337 e. The van der Waals surface area contributed by atoms with Gasteiger partial charge in [0, 0.05) is 18.9 Å². The first-order chi connectivity index (χ1) is 9.08. The Morgan fingerprint density at radius 3 is 2.79 bits per heavy atom. The molecule has 0 saturated carbocycles. The lowest BCUT2D eigenvalue weighted by Crippen LogP contribution is -2.21. The predicted molar refractivity (Wildman–Crippen MR) is 71.6 cm³/mol. The minimum absolute atomic E-state index is 0.0991. The molecular weight excluding hydrogens is 246 g/mol. The third-order valence-corrected chi connectivity index (χ3v) is 3.42. The Bertz CT molecular complexity index is 467. The van der Waals surface area contributed by atoms with Gasteiger partial charge in [-0.05, 0) is 43.4 Å². The van der Waals surface area contributed by atoms with Gasteiger partial charge in [-0.3, -0.25) is 0 Å². The zero-order valence-electron chi connectivity index (χ0n) is 11.0. The molecule has 1 heterocycles. The molecule has 0 aromatic heterocycles. The number of anilines is 1. The van der Waals surface area contributed by atoms with E-state index in [1.165, 1.54) is 6.07 Å². The van der Waals surface area contributed by atoms with E-state index in [1.54, 1.807) is 13.0 Å². The zero-order valence-corrected chi connectivity index (χ0v) is 11.0. The van der Waals surface area contributed by atoms with Gasteiger partial charge in [0.2, 0.25) is 0 Å². The molecule has 1 aromatic rings. The van der Waals surface area contributed by atoms with Crippen LogP contribution in [0.4, 0.5) is 5.69 Å². The van der Waals surface area contributed by atoms with E-state index in [-0.39, 0.29) is 5.56 Å². The summed E-state index contributed by atoms with van der Waals surface area (Å²) < 4.78 is 11.0. The second-order valence-electron chi connectivity index (χ2n) is 4.87. The molecule has 0 bridgehead atoms. The predicted octanol–water partition coefficient (Wildman–Crippen LogP) is 2.08. The summed E-state index contributed by atoms with van der Waals surface area (Å²) in [6.07, 6.45) is 1.97. The van der Waals surface area contributed by atoms with Gasteiger partial charge in [0.1, 0.15) is 5.75 Å². The zero-order chi connectivity index (χ0) is 13.8. The lowest BCUT2D eigenvalue weighted by molar-refractivity contribution is 0.0497. The molecule has 1 aromatic carbocycles. The van der Waals surface area contributed by atoms with Crippen LogP contribution in [0.3, 0.4) is 0 Å². The van der Waals surface area contributed by atoms with Crippen molar-refractivity contribution in [3.8, 4) is 5.75 Å². The molecule has 0 spiro atoms. The molecule has 0 aliphatic carbocycles. The van der Waals surface area contributed by atoms with Gasteiger partial charge in [0.05, 0.1) is 12.2 Å². The molecule has 5 heteroatoms. The van der Waals surface area contributed by atoms with E-state index in [0.29, 0.717) is 24.0 Å². The van der Waals surface area contributed by atoms with E-state index in [4.69, 9.17) is 20.3 Å². The Balaban J connectivity index is 2.05. The van der Waals surface area contributed by atoms with Gasteiger partial charge in [-0.1, -0.05) is 0 Å². The van der Waals surface area contributed by atoms with E-state index in [9.17, 15) is 4.79 Å². The fraction of sp³-hybridized carbons (Fsp3) is 0.500. The number of nitrogens with two attached hydrogens (primary N) is 1. The molecule has 19 heavy (non-hydrogen) atoms. The third kappa shape index (κ3) is 3.38. The lowest BCUT2D eigenvalue weighted by Gasteiger charge is -2.22. The minimum atomic E-state index is -1.03. The maximum absolute atomic E-state index is 11.1. The summed E-state index contributed by atoms with van der Waals surface area (Å²) >= 11 is 0. The fourth-order valence-corrected chi connectivity index (χ4v) is 2.15. The Hall–Kier alpha value is -1.75. The van der Waals surface area contributed by atoms with Crippen molar-refractivity contribution in [2.75, 3.05) is 25.6 Å². The average molecular weight is 265 g/mol. The van der Waals surface area contributed by atoms with E-state index < -0.39 is 5.97 Å². The molecule has 1 saturated heterocycles. The van der Waals surface area contributed by atoms with Gasteiger partial charge < -0.3 is 20.3 Å². The van der Waals surface area contributed by atoms with Gasteiger partial charge in [0.25, 0.3) is 0 Å². The summed E-state index contributed by atoms with van der Waals surface area (Å²) in [5, 5.41) is 9.08. The number of ether oxygens (including phenoxy) is 2. The Morgan fingerprint density at radius 1 is 1.47 bits per heavy atom. The highest BCUT2D eigenvalue weighted by atomic mass is 16.5. The minimum Gasteiger partial charge on any atom is -0.493 e. The first-order valence-corrected chi connectivity index (χ1v) is 6.42. The number of aryl methyl sites for hydroxylation is 1. The van der Waals surface area contributed by atoms with Crippen molar-refractivity contribution in [1.29, 1.82) is 0 Å². The van der Waals surface area contributed by atoms with Crippen molar-refractivity contribution in [1.82, 2.24) is 0 Å². The van der Waals surface area contributed by atoms with E-state index >= 15 is 0 Å². The largest absolute Gasteiger partial charge is 0.493 e. The Labute approximate surface area is 112 Å². The van der Waals surface area contributed by atoms with Crippen molar-refractivity contribution in [3.05, 3.63) is 23.3 Å². The van der Waals surface area contributed by atoms with Crippen LogP contribution >= 0.6 is 0 Å². The van der Waals surface area contributed by atoms with Crippen LogP contribution in [0.25, 0.3) is 0 Å². The van der Waals surface area contributed by atoms with Gasteiger partial charge in [0.15, 0.2) is 0 Å². The van der Waals surface area contributed by atoms with Crippen LogP contribution in [-0.4, -0.2) is 30.9 Å². The van der Waals surface area contributed by atoms with E-state index in [2.05, 4.69) is 0 Å². The topological polar surface area (TPSA) is 81.8 Å². The lowest BCUT2D eigenvalue weighted by atomic mass is 10.0. The molecule has 0 unspecified atom stereocenters. The van der Waals surface area contributed by atoms with Gasteiger partial charge >= 0.3 is 5.97 Å². The van der Waals surface area contributed by atoms with Gasteiger partial charge in [-0.15, -0.1) is 0 Å². The van der Waals surface area contributed by atoms with Crippen molar-refractivity contribution >= 4 is 11.7 Å². The number of carbonyl (C=O) groups is 1. The van der Waals surface area contributed by atoms with Crippen LogP contribution in [-0.2, 0) is 4.74 Å². The quantitative estimate of drug-likeness (QED) is 0.814. The van der Waals surface area contributed by atoms with Gasteiger partial charge in [-0.2, -0.15) is 0 Å². The molecular formula is C14H19NO4. The van der Waals surface area contributed by atoms with Crippen LogP contribution in [0.2, 0.25) is 0 Å². The second-order valence-corrected chi connectivity index (χ2v) is 4.87. The second kappa shape index (κ2) is 5.93. The summed E-state index contributed by atoms with van der Waals surface area (Å²) in [6, 6.07) is 3.27. The fourth-order valence-electron chi connectivity index (χ4n) is 2.15. The summed E-state index contributed by atoms with van der Waals surface area (Å²) in [6.45, 7) is 3.92. The maximum atomic E-state index is 11.1. The number of carboxylic acid groups (broad SMARTS) is 1. The molecule has 1 aliphatic heterocycles. The highest BCUT2D eigenvalue weighted by Gasteiger charge is 2.16. The molecule has 5 nitrogen and oxygen atoms in total. The van der Waals surface area contributed by atoms with Crippen LogP contribution in [0.15, 0.2) is 12.1 Å². The molecule has 1 fully saturated rings. The monoisotopic (exact) mass is 265 g/mol. The summed E-state index contributed by atoms with van der Waals surface area (Å²) in [5.74, 6) is 0.00703. The number of hydrogen-bond acceptors (Lipinski definition) is 4. The van der Waals surface area contributed by atoms with E-state index in [0.717, 1.165) is 31.6 Å². The summed E-state index contributed by atoms with van der Waals surface area (Å²) in [7, 11) is 0. The number of rotatable bonds is 4. The third-order valence-electron chi connectivity index (χ3n) is 3.42. The number of aromatic carboxylic acids is 1. The highest BCUT2D eigenvalue weighted by Crippen LogP contribution is 2.25. The number of hydrogen-bond donors (Lipinski definition) is 2. The SMILES string of the molecule is Cc1cc(OCC2CCOCC2)cc(C(=O)O)c1N. The van der Waals surface area contributed by atoms with Crippen LogP contribution in [0.1, 0.15) is 28.8 Å². The van der Waals surface area contributed by atoms with Crippen LogP contribution in [0, 0.1) is 12.8 Å². The summed E-state index contributed by atoms with van der Waals surface area (Å²) in [5.41, 5.74) is 6.86. The Morgan fingerprint density at radius 2 is 2.16 bits per heavy atom. The molecule has 0 atom stereocenters. The number of nitrogen functional groups attached to an aromatic ring is 1. The van der Waals surface area contributed by atoms with Crippen LogP contribution < -0.4 is 10.5 Å². The van der Waals surface area contributed by atoms with Crippen molar-refractivity contribution in [3.63, 3.8) is 0 Å². The highest BCUT2D eigenvalue weighted by molar-refractivity contribution is 5.95.